The summed E-state index contributed by atoms with van der Waals surface area (Å²) in [6.45, 7) is 1.00. The summed E-state index contributed by atoms with van der Waals surface area (Å²) < 4.78 is 5.75. The Labute approximate surface area is 180 Å². The maximum Gasteiger partial charge on any atom is 0.313 e. The lowest BCUT2D eigenvalue weighted by Crippen LogP contribution is -2.48. The van der Waals surface area contributed by atoms with Crippen LogP contribution in [-0.2, 0) is 44.8 Å². The van der Waals surface area contributed by atoms with Gasteiger partial charge in [-0.3, -0.25) is 14.4 Å². The number of rotatable bonds is 4. The van der Waals surface area contributed by atoms with Crippen molar-refractivity contribution in [3.05, 3.63) is 58.7 Å². The van der Waals surface area contributed by atoms with Crippen molar-refractivity contribution in [2.24, 2.45) is 0 Å². The molecule has 160 valence electrons. The number of nitrogens with one attached hydrogen (secondary N) is 2. The Hall–Kier alpha value is -3.19. The van der Waals surface area contributed by atoms with Gasteiger partial charge in [0.1, 0.15) is 0 Å². The van der Waals surface area contributed by atoms with Gasteiger partial charge in [-0.1, -0.05) is 24.3 Å². The monoisotopic (exact) mass is 419 g/mol. The Kier molecular flexibility index (Phi) is 4.78. The van der Waals surface area contributed by atoms with Gasteiger partial charge in [0.25, 0.3) is 0 Å². The molecule has 2 N–H and O–H groups in total. The van der Waals surface area contributed by atoms with Crippen LogP contribution in [0.4, 0.5) is 11.4 Å². The molecule has 31 heavy (non-hydrogen) atoms. The third kappa shape index (κ3) is 3.49. The minimum atomic E-state index is -0.717. The van der Waals surface area contributed by atoms with Crippen molar-refractivity contribution in [3.63, 3.8) is 0 Å². The first-order valence-electron chi connectivity index (χ1n) is 10.7. The number of nitrogens with zero attached hydrogens (tertiary/aromatic N) is 1. The van der Waals surface area contributed by atoms with Gasteiger partial charge in [-0.15, -0.1) is 0 Å². The highest BCUT2D eigenvalue weighted by Crippen LogP contribution is 2.38. The number of benzene rings is 2. The third-order valence-electron chi connectivity index (χ3n) is 6.62. The second-order valence-electron chi connectivity index (χ2n) is 8.62. The van der Waals surface area contributed by atoms with Crippen LogP contribution < -0.4 is 15.5 Å². The molecular formula is C24H25N3O4. The van der Waals surface area contributed by atoms with Crippen LogP contribution in [-0.4, -0.2) is 43.5 Å². The van der Waals surface area contributed by atoms with E-state index in [9.17, 15) is 14.4 Å². The van der Waals surface area contributed by atoms with Crippen LogP contribution in [0.25, 0.3) is 0 Å². The SMILES string of the molecule is COC1(CNC(=O)C(=O)Nc2cc3c4c(c2)CC(=O)N4CCC3)Cc2ccccc2C1. The summed E-state index contributed by atoms with van der Waals surface area (Å²) in [7, 11) is 1.64. The van der Waals surface area contributed by atoms with Gasteiger partial charge in [-0.25, -0.2) is 0 Å². The van der Waals surface area contributed by atoms with E-state index in [2.05, 4.69) is 22.8 Å². The quantitative estimate of drug-likeness (QED) is 0.740. The number of carbonyl (C=O) groups excluding carboxylic acids is 3. The lowest BCUT2D eigenvalue weighted by molar-refractivity contribution is -0.137. The number of hydrogen-bond donors (Lipinski definition) is 2. The first-order chi connectivity index (χ1) is 15.0. The topological polar surface area (TPSA) is 87.7 Å². The van der Waals surface area contributed by atoms with Crippen LogP contribution in [0.1, 0.15) is 28.7 Å². The minimum absolute atomic E-state index is 0.0968. The van der Waals surface area contributed by atoms with Crippen LogP contribution in [0.2, 0.25) is 0 Å². The highest BCUT2D eigenvalue weighted by atomic mass is 16.5. The van der Waals surface area contributed by atoms with Crippen LogP contribution in [0, 0.1) is 0 Å². The van der Waals surface area contributed by atoms with Crippen molar-refractivity contribution in [3.8, 4) is 0 Å². The summed E-state index contributed by atoms with van der Waals surface area (Å²) in [4.78, 5) is 39.1. The predicted octanol–water partition coefficient (Wildman–Crippen LogP) is 1.76. The van der Waals surface area contributed by atoms with Crippen molar-refractivity contribution >= 4 is 29.1 Å². The van der Waals surface area contributed by atoms with E-state index in [-0.39, 0.29) is 12.5 Å². The van der Waals surface area contributed by atoms with Gasteiger partial charge in [0.2, 0.25) is 5.91 Å². The van der Waals surface area contributed by atoms with E-state index in [1.54, 1.807) is 13.2 Å². The van der Waals surface area contributed by atoms with Crippen molar-refractivity contribution in [2.75, 3.05) is 30.4 Å². The Morgan fingerprint density at radius 1 is 1.06 bits per heavy atom. The van der Waals surface area contributed by atoms with Crippen LogP contribution in [0.5, 0.6) is 0 Å². The molecule has 7 nitrogen and oxygen atoms in total. The van der Waals surface area contributed by atoms with E-state index in [0.29, 0.717) is 24.9 Å². The smallest absolute Gasteiger partial charge is 0.313 e. The number of hydrogen-bond acceptors (Lipinski definition) is 4. The van der Waals surface area contributed by atoms with Gasteiger partial charge in [0.15, 0.2) is 0 Å². The number of amides is 3. The highest BCUT2D eigenvalue weighted by Gasteiger charge is 2.38. The standard InChI is InChI=1S/C24H25N3O4/c1-31-24(12-16-5-2-3-6-17(16)13-24)14-25-22(29)23(30)26-19-9-15-7-4-8-27-20(28)11-18(10-19)21(15)27/h2-3,5-6,9-10H,4,7-8,11-14H2,1H3,(H,25,29)(H,26,30). The molecule has 0 fully saturated rings. The first-order valence-corrected chi connectivity index (χ1v) is 10.7. The zero-order valence-electron chi connectivity index (χ0n) is 17.5. The zero-order valence-corrected chi connectivity index (χ0v) is 17.5. The van der Waals surface area contributed by atoms with E-state index in [4.69, 9.17) is 4.74 Å². The molecule has 0 bridgehead atoms. The third-order valence-corrected chi connectivity index (χ3v) is 6.62. The summed E-state index contributed by atoms with van der Waals surface area (Å²) in [5.74, 6) is -1.32. The lowest BCUT2D eigenvalue weighted by Gasteiger charge is -2.27. The Morgan fingerprint density at radius 3 is 2.48 bits per heavy atom. The molecule has 2 aliphatic heterocycles. The van der Waals surface area contributed by atoms with E-state index < -0.39 is 17.4 Å². The minimum Gasteiger partial charge on any atom is -0.376 e. The van der Waals surface area contributed by atoms with Gasteiger partial charge in [0.05, 0.1) is 17.7 Å². The summed E-state index contributed by atoms with van der Waals surface area (Å²) in [5, 5.41) is 5.44. The number of fused-ring (bicyclic) bond motifs is 1. The normalized spacial score (nSPS) is 17.8. The van der Waals surface area contributed by atoms with Gasteiger partial charge >= 0.3 is 11.8 Å². The van der Waals surface area contributed by atoms with Crippen LogP contribution in [0.3, 0.4) is 0 Å². The lowest BCUT2D eigenvalue weighted by atomic mass is 9.99. The summed E-state index contributed by atoms with van der Waals surface area (Å²) in [5.41, 5.74) is 5.38. The number of aryl methyl sites for hydroxylation is 1. The molecule has 0 aromatic heterocycles. The fraction of sp³-hybridized carbons (Fsp3) is 0.375. The molecule has 2 heterocycles. The van der Waals surface area contributed by atoms with Crippen LogP contribution in [0.15, 0.2) is 36.4 Å². The predicted molar refractivity (Wildman–Crippen MR) is 116 cm³/mol. The Balaban J connectivity index is 1.24. The molecule has 0 atom stereocenters. The molecule has 0 spiro atoms. The molecule has 3 amide bonds. The first kappa shape index (κ1) is 19.8. The van der Waals surface area contributed by atoms with E-state index >= 15 is 0 Å². The van der Waals surface area contributed by atoms with E-state index in [1.165, 1.54) is 11.1 Å². The molecule has 2 aromatic carbocycles. The molecule has 2 aromatic rings. The second kappa shape index (κ2) is 7.50. The summed E-state index contributed by atoms with van der Waals surface area (Å²) >= 11 is 0. The molecule has 0 saturated carbocycles. The molecular weight excluding hydrogens is 394 g/mol. The molecule has 7 heteroatoms. The fourth-order valence-corrected chi connectivity index (χ4v) is 5.06. The molecule has 3 aliphatic rings. The maximum atomic E-state index is 12.5. The largest absolute Gasteiger partial charge is 0.376 e. The summed E-state index contributed by atoms with van der Waals surface area (Å²) in [6, 6.07) is 11.8. The molecule has 0 radical (unpaired) electrons. The summed E-state index contributed by atoms with van der Waals surface area (Å²) in [6.07, 6.45) is 3.49. The van der Waals surface area contributed by atoms with E-state index in [0.717, 1.165) is 36.2 Å². The van der Waals surface area contributed by atoms with Crippen molar-refractivity contribution in [2.45, 2.75) is 37.7 Å². The fourth-order valence-electron chi connectivity index (χ4n) is 5.06. The highest BCUT2D eigenvalue weighted by molar-refractivity contribution is 6.39. The molecule has 1 aliphatic carbocycles. The van der Waals surface area contributed by atoms with Crippen molar-refractivity contribution in [1.82, 2.24) is 5.32 Å². The van der Waals surface area contributed by atoms with Gasteiger partial charge < -0.3 is 20.3 Å². The Morgan fingerprint density at radius 2 is 1.77 bits per heavy atom. The second-order valence-corrected chi connectivity index (χ2v) is 8.62. The van der Waals surface area contributed by atoms with Crippen molar-refractivity contribution < 1.29 is 19.1 Å². The van der Waals surface area contributed by atoms with Gasteiger partial charge in [0, 0.05) is 38.7 Å². The molecule has 5 rings (SSSR count). The van der Waals surface area contributed by atoms with Crippen LogP contribution >= 0.6 is 0 Å². The van der Waals surface area contributed by atoms with E-state index in [1.807, 2.05) is 23.1 Å². The zero-order chi connectivity index (χ0) is 21.6. The number of anilines is 2. The number of ether oxygens (including phenoxy) is 1. The van der Waals surface area contributed by atoms with Gasteiger partial charge in [-0.05, 0) is 47.2 Å². The number of carbonyl (C=O) groups is 3. The number of methoxy groups -OCH3 is 1. The molecule has 0 saturated heterocycles. The van der Waals surface area contributed by atoms with Crippen molar-refractivity contribution in [1.29, 1.82) is 0 Å². The molecule has 0 unspecified atom stereocenters. The average Bonchev–Trinajstić information content (AvgIpc) is 3.31. The average molecular weight is 419 g/mol. The Bertz CT molecular complexity index is 1070. The maximum absolute atomic E-state index is 12.5. The van der Waals surface area contributed by atoms with Gasteiger partial charge in [-0.2, -0.15) is 0 Å².